The average Bonchev–Trinajstić information content (AvgIpc) is 2.63. The Bertz CT molecular complexity index is 712. The Balaban J connectivity index is 1.87. The maximum atomic E-state index is 12.0. The fourth-order valence-corrected chi connectivity index (χ4v) is 2.13. The van der Waals surface area contributed by atoms with Crippen LogP contribution in [-0.2, 0) is 20.7 Å². The lowest BCUT2D eigenvalue weighted by atomic mass is 10.1. The molecule has 0 aliphatic carbocycles. The van der Waals surface area contributed by atoms with Gasteiger partial charge in [0.15, 0.2) is 6.61 Å². The largest absolute Gasteiger partial charge is 0.492 e. The molecule has 25 heavy (non-hydrogen) atoms. The highest BCUT2D eigenvalue weighted by Gasteiger charge is 2.08. The second-order valence-corrected chi connectivity index (χ2v) is 5.16. The molecule has 0 spiro atoms. The Hall–Kier alpha value is -3.02. The molecule has 132 valence electrons. The number of anilines is 1. The van der Waals surface area contributed by atoms with Crippen molar-refractivity contribution in [1.82, 2.24) is 0 Å². The lowest BCUT2D eigenvalue weighted by molar-refractivity contribution is -0.139. The number of benzene rings is 2. The van der Waals surface area contributed by atoms with Gasteiger partial charge in [-0.2, -0.15) is 0 Å². The Labute approximate surface area is 146 Å². The third-order valence-corrected chi connectivity index (χ3v) is 3.33. The lowest BCUT2D eigenvalue weighted by Gasteiger charge is -2.12. The normalized spacial score (nSPS) is 10.0. The first kappa shape index (κ1) is 18.3. The van der Waals surface area contributed by atoms with Crippen LogP contribution in [-0.4, -0.2) is 32.2 Å². The Morgan fingerprint density at radius 1 is 1.00 bits per heavy atom. The minimum atomic E-state index is -0.305. The zero-order valence-corrected chi connectivity index (χ0v) is 14.3. The molecule has 2 rings (SSSR count). The molecular formula is C19H21NO5. The van der Waals surface area contributed by atoms with Crippen molar-refractivity contribution in [3.05, 3.63) is 54.1 Å². The number of nitrogens with one attached hydrogen (secondary N) is 1. The second kappa shape index (κ2) is 9.32. The number of hydrogen-bond acceptors (Lipinski definition) is 5. The number of carbonyl (C=O) groups is 2. The van der Waals surface area contributed by atoms with E-state index < -0.39 is 0 Å². The minimum absolute atomic E-state index is 0.128. The Kier molecular flexibility index (Phi) is 6.83. The molecule has 0 atom stereocenters. The van der Waals surface area contributed by atoms with E-state index in [0.717, 1.165) is 5.56 Å². The van der Waals surface area contributed by atoms with Crippen LogP contribution in [0.1, 0.15) is 12.5 Å². The van der Waals surface area contributed by atoms with E-state index in [0.29, 0.717) is 23.8 Å². The van der Waals surface area contributed by atoms with Gasteiger partial charge in [0.25, 0.3) is 5.91 Å². The topological polar surface area (TPSA) is 73.9 Å². The van der Waals surface area contributed by atoms with Gasteiger partial charge in [-0.3, -0.25) is 9.59 Å². The van der Waals surface area contributed by atoms with E-state index in [1.165, 1.54) is 7.11 Å². The monoisotopic (exact) mass is 343 g/mol. The molecule has 0 aliphatic rings. The van der Waals surface area contributed by atoms with E-state index in [2.05, 4.69) is 10.1 Å². The van der Waals surface area contributed by atoms with Gasteiger partial charge in [-0.25, -0.2) is 0 Å². The van der Waals surface area contributed by atoms with Crippen molar-refractivity contribution in [1.29, 1.82) is 0 Å². The first-order chi connectivity index (χ1) is 12.1. The summed E-state index contributed by atoms with van der Waals surface area (Å²) in [5, 5.41) is 2.76. The van der Waals surface area contributed by atoms with Gasteiger partial charge >= 0.3 is 5.97 Å². The van der Waals surface area contributed by atoms with E-state index in [4.69, 9.17) is 9.47 Å². The first-order valence-electron chi connectivity index (χ1n) is 7.92. The second-order valence-electron chi connectivity index (χ2n) is 5.16. The fraction of sp³-hybridized carbons (Fsp3) is 0.263. The van der Waals surface area contributed by atoms with Crippen LogP contribution in [0.25, 0.3) is 0 Å². The van der Waals surface area contributed by atoms with Gasteiger partial charge in [0.2, 0.25) is 0 Å². The Morgan fingerprint density at radius 3 is 2.40 bits per heavy atom. The molecule has 0 unspecified atom stereocenters. The number of hydrogen-bond donors (Lipinski definition) is 1. The van der Waals surface area contributed by atoms with Gasteiger partial charge in [-0.15, -0.1) is 0 Å². The van der Waals surface area contributed by atoms with Crippen LogP contribution in [0.4, 0.5) is 5.69 Å². The zero-order valence-electron chi connectivity index (χ0n) is 14.3. The minimum Gasteiger partial charge on any atom is -0.492 e. The van der Waals surface area contributed by atoms with Crippen molar-refractivity contribution in [3.8, 4) is 11.5 Å². The molecule has 2 aromatic rings. The van der Waals surface area contributed by atoms with Gasteiger partial charge < -0.3 is 19.5 Å². The van der Waals surface area contributed by atoms with Crippen LogP contribution in [0.2, 0.25) is 0 Å². The molecule has 0 saturated heterocycles. The molecule has 0 fully saturated rings. The van der Waals surface area contributed by atoms with E-state index in [-0.39, 0.29) is 24.9 Å². The predicted molar refractivity (Wildman–Crippen MR) is 93.9 cm³/mol. The van der Waals surface area contributed by atoms with E-state index in [1.807, 2.05) is 19.1 Å². The van der Waals surface area contributed by atoms with Gasteiger partial charge in [-0.05, 0) is 36.8 Å². The third-order valence-electron chi connectivity index (χ3n) is 3.33. The van der Waals surface area contributed by atoms with Crippen molar-refractivity contribution in [2.75, 3.05) is 25.6 Å². The molecule has 6 nitrogen and oxygen atoms in total. The SMILES string of the molecule is CCOc1ccccc1NC(=O)COc1ccc(CC(=O)OC)cc1. The predicted octanol–water partition coefficient (Wildman–Crippen LogP) is 2.82. The molecule has 6 heteroatoms. The van der Waals surface area contributed by atoms with Crippen molar-refractivity contribution in [3.63, 3.8) is 0 Å². The van der Waals surface area contributed by atoms with Crippen molar-refractivity contribution in [2.45, 2.75) is 13.3 Å². The lowest BCUT2D eigenvalue weighted by Crippen LogP contribution is -2.20. The van der Waals surface area contributed by atoms with E-state index >= 15 is 0 Å². The maximum Gasteiger partial charge on any atom is 0.309 e. The summed E-state index contributed by atoms with van der Waals surface area (Å²) in [5.41, 5.74) is 1.42. The van der Waals surface area contributed by atoms with Crippen LogP contribution in [0.5, 0.6) is 11.5 Å². The molecule has 1 amide bonds. The van der Waals surface area contributed by atoms with Crippen LogP contribution < -0.4 is 14.8 Å². The van der Waals surface area contributed by atoms with E-state index in [1.54, 1.807) is 36.4 Å². The molecular weight excluding hydrogens is 322 g/mol. The number of methoxy groups -OCH3 is 1. The van der Waals surface area contributed by atoms with Gasteiger partial charge in [-0.1, -0.05) is 24.3 Å². The highest BCUT2D eigenvalue weighted by Crippen LogP contribution is 2.23. The zero-order chi connectivity index (χ0) is 18.1. The van der Waals surface area contributed by atoms with Crippen LogP contribution in [0.3, 0.4) is 0 Å². The highest BCUT2D eigenvalue weighted by atomic mass is 16.5. The molecule has 0 radical (unpaired) electrons. The first-order valence-corrected chi connectivity index (χ1v) is 7.92. The number of ether oxygens (including phenoxy) is 3. The smallest absolute Gasteiger partial charge is 0.309 e. The summed E-state index contributed by atoms with van der Waals surface area (Å²) in [6, 6.07) is 14.2. The van der Waals surface area contributed by atoms with Gasteiger partial charge in [0, 0.05) is 0 Å². The molecule has 2 aromatic carbocycles. The van der Waals surface area contributed by atoms with Crippen LogP contribution in [0, 0.1) is 0 Å². The van der Waals surface area contributed by atoms with Crippen molar-refractivity contribution >= 4 is 17.6 Å². The van der Waals surface area contributed by atoms with Crippen molar-refractivity contribution < 1.29 is 23.8 Å². The quantitative estimate of drug-likeness (QED) is 0.746. The summed E-state index contributed by atoms with van der Waals surface area (Å²) in [7, 11) is 1.35. The third kappa shape index (κ3) is 5.84. The number of esters is 1. The standard InChI is InChI=1S/C19H21NO5/c1-3-24-17-7-5-4-6-16(17)20-18(21)13-25-15-10-8-14(9-11-15)12-19(22)23-2/h4-11H,3,12-13H2,1-2H3,(H,20,21). The molecule has 1 N–H and O–H groups in total. The molecule has 0 bridgehead atoms. The average molecular weight is 343 g/mol. The van der Waals surface area contributed by atoms with E-state index in [9.17, 15) is 9.59 Å². The number of carbonyl (C=O) groups excluding carboxylic acids is 2. The van der Waals surface area contributed by atoms with Gasteiger partial charge in [0.1, 0.15) is 11.5 Å². The number of rotatable bonds is 8. The maximum absolute atomic E-state index is 12.0. The number of para-hydroxylation sites is 2. The summed E-state index contributed by atoms with van der Waals surface area (Å²) in [6.45, 7) is 2.27. The molecule has 0 aliphatic heterocycles. The molecule has 0 heterocycles. The van der Waals surface area contributed by atoms with Gasteiger partial charge in [0.05, 0.1) is 25.8 Å². The summed E-state index contributed by atoms with van der Waals surface area (Å²) in [6.07, 6.45) is 0.200. The summed E-state index contributed by atoms with van der Waals surface area (Å²) >= 11 is 0. The van der Waals surface area contributed by atoms with Crippen LogP contribution >= 0.6 is 0 Å². The summed E-state index contributed by atoms with van der Waals surface area (Å²) < 4.78 is 15.5. The summed E-state index contributed by atoms with van der Waals surface area (Å²) in [4.78, 5) is 23.3. The Morgan fingerprint density at radius 2 is 1.72 bits per heavy atom. The number of amides is 1. The fourth-order valence-electron chi connectivity index (χ4n) is 2.13. The molecule has 0 saturated carbocycles. The van der Waals surface area contributed by atoms with Crippen LogP contribution in [0.15, 0.2) is 48.5 Å². The summed E-state index contributed by atoms with van der Waals surface area (Å²) in [5.74, 6) is 0.569. The molecule has 0 aromatic heterocycles. The van der Waals surface area contributed by atoms with Crippen molar-refractivity contribution in [2.24, 2.45) is 0 Å². The highest BCUT2D eigenvalue weighted by molar-refractivity contribution is 5.93.